The van der Waals surface area contributed by atoms with E-state index < -0.39 is 14.4 Å². The molecule has 0 saturated carbocycles. The molecular formula is C31H45NO4Si. The van der Waals surface area contributed by atoms with Crippen molar-refractivity contribution in [3.05, 3.63) is 71.5 Å². The predicted molar refractivity (Wildman–Crippen MR) is 155 cm³/mol. The minimum Gasteiger partial charge on any atom is -0.546 e. The first-order valence-electron chi connectivity index (χ1n) is 13.6. The Morgan fingerprint density at radius 3 is 2.00 bits per heavy atom. The number of hydrogen-bond acceptors (Lipinski definition) is 5. The van der Waals surface area contributed by atoms with Gasteiger partial charge >= 0.3 is 5.97 Å². The Balaban J connectivity index is 2.19. The summed E-state index contributed by atoms with van der Waals surface area (Å²) in [6.45, 7) is 18.0. The zero-order valence-electron chi connectivity index (χ0n) is 24.1. The molecule has 1 aliphatic rings. The molecule has 37 heavy (non-hydrogen) atoms. The first-order valence-corrected chi connectivity index (χ1v) is 15.7. The molecule has 0 amide bonds. The van der Waals surface area contributed by atoms with Crippen LogP contribution in [0.25, 0.3) is 0 Å². The molecule has 1 aliphatic heterocycles. The Morgan fingerprint density at radius 1 is 0.946 bits per heavy atom. The number of hydrogen-bond donors (Lipinski definition) is 0. The average Bonchev–Trinajstić information content (AvgIpc) is 2.86. The predicted octanol–water partition coefficient (Wildman–Crippen LogP) is 7.96. The maximum atomic E-state index is 13.5. The number of benzene rings is 2. The minimum absolute atomic E-state index is 0.176. The number of anilines is 1. The maximum absolute atomic E-state index is 13.5. The smallest absolute Gasteiger partial charge is 0.329 e. The lowest BCUT2D eigenvalue weighted by Crippen LogP contribution is -2.51. The summed E-state index contributed by atoms with van der Waals surface area (Å²) in [6, 6.07) is 15.8. The van der Waals surface area contributed by atoms with Crippen LogP contribution >= 0.6 is 0 Å². The number of methoxy groups -OCH3 is 1. The van der Waals surface area contributed by atoms with Crippen molar-refractivity contribution >= 4 is 20.0 Å². The highest BCUT2D eigenvalue weighted by molar-refractivity contribution is 6.77. The van der Waals surface area contributed by atoms with Crippen LogP contribution in [0.5, 0.6) is 5.75 Å². The van der Waals surface area contributed by atoms with Crippen molar-refractivity contribution in [3.8, 4) is 5.75 Å². The van der Waals surface area contributed by atoms with E-state index in [0.29, 0.717) is 29.7 Å². The van der Waals surface area contributed by atoms with Crippen LogP contribution in [0.2, 0.25) is 16.6 Å². The second kappa shape index (κ2) is 12.2. The van der Waals surface area contributed by atoms with E-state index in [1.54, 1.807) is 7.11 Å². The van der Waals surface area contributed by atoms with Gasteiger partial charge in [0.1, 0.15) is 11.8 Å². The summed E-state index contributed by atoms with van der Waals surface area (Å²) in [7, 11) is -0.547. The molecule has 2 aromatic rings. The topological polar surface area (TPSA) is 48.0 Å². The molecule has 0 fully saturated rings. The fourth-order valence-electron chi connectivity index (χ4n) is 6.01. The van der Waals surface area contributed by atoms with Gasteiger partial charge in [-0.15, -0.1) is 0 Å². The Morgan fingerprint density at radius 2 is 1.51 bits per heavy atom. The van der Waals surface area contributed by atoms with E-state index in [0.717, 1.165) is 22.8 Å². The van der Waals surface area contributed by atoms with Gasteiger partial charge in [0.25, 0.3) is 8.32 Å². The van der Waals surface area contributed by atoms with Crippen molar-refractivity contribution in [1.29, 1.82) is 0 Å². The van der Waals surface area contributed by atoms with Crippen LogP contribution < -0.4 is 9.64 Å². The van der Waals surface area contributed by atoms with Crippen molar-refractivity contribution in [2.24, 2.45) is 0 Å². The molecule has 0 radical (unpaired) electrons. The summed E-state index contributed by atoms with van der Waals surface area (Å²) in [5.74, 6) is 1.47. The lowest BCUT2D eigenvalue weighted by molar-refractivity contribution is -0.145. The summed E-state index contributed by atoms with van der Waals surface area (Å²) in [5.41, 5.74) is 4.57. The molecular weight excluding hydrogens is 478 g/mol. The molecule has 202 valence electrons. The van der Waals surface area contributed by atoms with Gasteiger partial charge in [0.05, 0.1) is 25.5 Å². The first-order chi connectivity index (χ1) is 17.5. The van der Waals surface area contributed by atoms with Gasteiger partial charge in [-0.25, -0.2) is 4.79 Å². The molecule has 1 heterocycles. The van der Waals surface area contributed by atoms with Gasteiger partial charge in [0, 0.05) is 12.1 Å². The second-order valence-electron chi connectivity index (χ2n) is 11.0. The summed E-state index contributed by atoms with van der Waals surface area (Å²) in [6.07, 6.45) is 2.72. The molecule has 0 aliphatic carbocycles. The molecule has 0 saturated heterocycles. The molecule has 0 aromatic heterocycles. The van der Waals surface area contributed by atoms with Crippen LogP contribution in [-0.2, 0) is 14.0 Å². The van der Waals surface area contributed by atoms with Crippen LogP contribution in [0.1, 0.15) is 72.1 Å². The van der Waals surface area contributed by atoms with Crippen molar-refractivity contribution < 1.29 is 18.7 Å². The second-order valence-corrected chi connectivity index (χ2v) is 16.4. The average molecular weight is 524 g/mol. The normalized spacial score (nSPS) is 18.3. The van der Waals surface area contributed by atoms with Gasteiger partial charge in [-0.1, -0.05) is 71.4 Å². The van der Waals surface area contributed by atoms with Gasteiger partial charge < -0.3 is 18.8 Å². The van der Waals surface area contributed by atoms with Crippen molar-refractivity contribution in [2.45, 2.75) is 90.5 Å². The van der Waals surface area contributed by atoms with E-state index in [1.165, 1.54) is 5.56 Å². The summed E-state index contributed by atoms with van der Waals surface area (Å²) < 4.78 is 18.2. The largest absolute Gasteiger partial charge is 0.546 e. The van der Waals surface area contributed by atoms with Crippen LogP contribution in [0.4, 0.5) is 5.69 Å². The van der Waals surface area contributed by atoms with E-state index in [2.05, 4.69) is 83.7 Å². The molecule has 2 atom stereocenters. The van der Waals surface area contributed by atoms with Crippen molar-refractivity contribution in [3.63, 3.8) is 0 Å². The molecule has 0 N–H and O–H groups in total. The number of carbonyl (C=O) groups excluding carboxylic acids is 1. The van der Waals surface area contributed by atoms with Crippen LogP contribution in [0, 0.1) is 6.92 Å². The van der Waals surface area contributed by atoms with Gasteiger partial charge in [0.2, 0.25) is 0 Å². The molecule has 0 spiro atoms. The van der Waals surface area contributed by atoms with Crippen LogP contribution in [0.3, 0.4) is 0 Å². The van der Waals surface area contributed by atoms with Gasteiger partial charge in [-0.3, -0.25) is 0 Å². The third-order valence-corrected chi connectivity index (χ3v) is 13.8. The SMILES string of the molecule is CCOC(=O)[C@@H]1CC(O[Si](C(C)C)(C(C)C)C(C)C)=C[C@@H](c2ccc(C)cc2)N1c1ccc(OC)cc1. The number of carbonyl (C=O) groups is 1. The molecule has 2 aromatic carbocycles. The quantitative estimate of drug-likeness (QED) is 0.233. The van der Waals surface area contributed by atoms with Gasteiger partial charge in [0.15, 0.2) is 0 Å². The fraction of sp³-hybridized carbons (Fsp3) is 0.516. The van der Waals surface area contributed by atoms with Crippen LogP contribution in [-0.4, -0.2) is 34.0 Å². The molecule has 3 rings (SSSR count). The number of esters is 1. The molecule has 6 heteroatoms. The Hall–Kier alpha value is -2.73. The van der Waals surface area contributed by atoms with E-state index >= 15 is 0 Å². The standard InChI is InChI=1S/C31H45NO4Si/c1-10-35-31(33)30-20-28(36-37(21(2)3,22(4)5)23(6)7)19-29(25-13-11-24(8)12-14-25)32(30)26-15-17-27(34-9)18-16-26/h11-19,21-23,29-30H,10,20H2,1-9H3/t29-,30-/m0/s1. The Labute approximate surface area is 224 Å². The highest BCUT2D eigenvalue weighted by atomic mass is 28.4. The van der Waals surface area contributed by atoms with E-state index in [4.69, 9.17) is 13.9 Å². The zero-order valence-corrected chi connectivity index (χ0v) is 25.1. The van der Waals surface area contributed by atoms with E-state index in [-0.39, 0.29) is 12.0 Å². The highest BCUT2D eigenvalue weighted by Gasteiger charge is 2.49. The van der Waals surface area contributed by atoms with Gasteiger partial charge in [-0.05, 0) is 66.4 Å². The summed E-state index contributed by atoms with van der Waals surface area (Å²) in [4.78, 5) is 15.7. The van der Waals surface area contributed by atoms with Crippen LogP contribution in [0.15, 0.2) is 60.4 Å². The summed E-state index contributed by atoms with van der Waals surface area (Å²) in [5, 5.41) is 0. The lowest BCUT2D eigenvalue weighted by Gasteiger charge is -2.47. The van der Waals surface area contributed by atoms with E-state index in [1.807, 2.05) is 31.2 Å². The number of ether oxygens (including phenoxy) is 2. The van der Waals surface area contributed by atoms with Crippen molar-refractivity contribution in [1.82, 2.24) is 0 Å². The zero-order chi connectivity index (χ0) is 27.3. The minimum atomic E-state index is -2.21. The fourth-order valence-corrected chi connectivity index (χ4v) is 11.3. The highest BCUT2D eigenvalue weighted by Crippen LogP contribution is 2.46. The van der Waals surface area contributed by atoms with Gasteiger partial charge in [-0.2, -0.15) is 0 Å². The molecule has 0 bridgehead atoms. The number of rotatable bonds is 10. The third-order valence-electron chi connectivity index (χ3n) is 7.74. The number of aryl methyl sites for hydroxylation is 1. The third kappa shape index (κ3) is 6.06. The first kappa shape index (κ1) is 28.8. The van der Waals surface area contributed by atoms with Crippen molar-refractivity contribution in [2.75, 3.05) is 18.6 Å². The van der Waals surface area contributed by atoms with E-state index in [9.17, 15) is 4.79 Å². The molecule has 0 unspecified atom stereocenters. The lowest BCUT2D eigenvalue weighted by atomic mass is 9.94. The number of nitrogens with zero attached hydrogens (tertiary/aromatic N) is 1. The summed E-state index contributed by atoms with van der Waals surface area (Å²) >= 11 is 0. The monoisotopic (exact) mass is 523 g/mol. The Kier molecular flexibility index (Phi) is 9.51. The Bertz CT molecular complexity index is 1040. The maximum Gasteiger partial charge on any atom is 0.329 e. The molecule has 5 nitrogen and oxygen atoms in total.